The van der Waals surface area contributed by atoms with Gasteiger partial charge in [-0.25, -0.2) is 9.67 Å². The number of hydrogen-bond donors (Lipinski definition) is 1. The van der Waals surface area contributed by atoms with E-state index < -0.39 is 11.0 Å². The molecule has 0 aliphatic carbocycles. The van der Waals surface area contributed by atoms with E-state index in [1.54, 1.807) is 35.3 Å². The van der Waals surface area contributed by atoms with Gasteiger partial charge in [0, 0.05) is 12.0 Å². The van der Waals surface area contributed by atoms with Gasteiger partial charge in [0.1, 0.15) is 12.7 Å². The van der Waals surface area contributed by atoms with Gasteiger partial charge in [-0.15, -0.1) is 0 Å². The van der Waals surface area contributed by atoms with Crippen molar-refractivity contribution in [2.75, 3.05) is 14.2 Å². The van der Waals surface area contributed by atoms with Crippen LogP contribution in [-0.2, 0) is 6.42 Å². The molecule has 1 N–H and O–H groups in total. The average molecular weight is 370 g/mol. The highest BCUT2D eigenvalue weighted by Crippen LogP contribution is 2.36. The lowest BCUT2D eigenvalue weighted by atomic mass is 9.99. The van der Waals surface area contributed by atoms with E-state index in [1.165, 1.54) is 32.7 Å². The van der Waals surface area contributed by atoms with Gasteiger partial charge in [-0.3, -0.25) is 10.1 Å². The van der Waals surface area contributed by atoms with E-state index in [-0.39, 0.29) is 17.9 Å². The first kappa shape index (κ1) is 18.3. The summed E-state index contributed by atoms with van der Waals surface area (Å²) in [4.78, 5) is 14.8. The molecule has 0 saturated carbocycles. The number of hydrogen-bond acceptors (Lipinski definition) is 7. The number of nitrogens with zero attached hydrogens (tertiary/aromatic N) is 4. The van der Waals surface area contributed by atoms with Crippen LogP contribution < -0.4 is 9.47 Å². The van der Waals surface area contributed by atoms with Gasteiger partial charge >= 0.3 is 0 Å². The summed E-state index contributed by atoms with van der Waals surface area (Å²) in [5.74, 6) is 0.631. The smallest absolute Gasteiger partial charge is 0.276 e. The van der Waals surface area contributed by atoms with Crippen LogP contribution in [0.2, 0.25) is 0 Å². The van der Waals surface area contributed by atoms with Crippen molar-refractivity contribution in [2.24, 2.45) is 0 Å². The lowest BCUT2D eigenvalue weighted by molar-refractivity contribution is -0.385. The highest BCUT2D eigenvalue weighted by Gasteiger charge is 2.22. The van der Waals surface area contributed by atoms with Gasteiger partial charge in [0.25, 0.3) is 5.69 Å². The highest BCUT2D eigenvalue weighted by atomic mass is 16.6. The predicted octanol–water partition coefficient (Wildman–Crippen LogP) is 2.47. The Morgan fingerprint density at radius 1 is 1.19 bits per heavy atom. The fraction of sp³-hybridized carbons (Fsp3) is 0.222. The third kappa shape index (κ3) is 3.87. The van der Waals surface area contributed by atoms with Crippen LogP contribution in [0.15, 0.2) is 49.1 Å². The van der Waals surface area contributed by atoms with Gasteiger partial charge in [-0.05, 0) is 23.8 Å². The lowest BCUT2D eigenvalue weighted by Gasteiger charge is -2.14. The van der Waals surface area contributed by atoms with Crippen LogP contribution in [0, 0.1) is 10.1 Å². The van der Waals surface area contributed by atoms with Gasteiger partial charge in [-0.1, -0.05) is 12.1 Å². The maximum absolute atomic E-state index is 11.4. The Bertz CT molecular complexity index is 926. The summed E-state index contributed by atoms with van der Waals surface area (Å²) in [6.45, 7) is 0. The van der Waals surface area contributed by atoms with Crippen LogP contribution in [0.4, 0.5) is 5.69 Å². The molecule has 27 heavy (non-hydrogen) atoms. The lowest BCUT2D eigenvalue weighted by Crippen LogP contribution is -2.06. The van der Waals surface area contributed by atoms with E-state index in [0.29, 0.717) is 16.9 Å². The maximum atomic E-state index is 11.4. The molecule has 0 bridgehead atoms. The fourth-order valence-corrected chi connectivity index (χ4v) is 2.76. The van der Waals surface area contributed by atoms with Crippen LogP contribution in [0.5, 0.6) is 11.5 Å². The molecular weight excluding hydrogens is 352 g/mol. The molecule has 0 fully saturated rings. The van der Waals surface area contributed by atoms with Crippen molar-refractivity contribution in [2.45, 2.75) is 12.5 Å². The van der Waals surface area contributed by atoms with E-state index in [9.17, 15) is 15.2 Å². The number of methoxy groups -OCH3 is 2. The van der Waals surface area contributed by atoms with Crippen molar-refractivity contribution in [1.82, 2.24) is 14.8 Å². The third-order valence-corrected chi connectivity index (χ3v) is 4.16. The van der Waals surface area contributed by atoms with E-state index in [4.69, 9.17) is 9.47 Å². The van der Waals surface area contributed by atoms with Gasteiger partial charge in [0.2, 0.25) is 0 Å². The summed E-state index contributed by atoms with van der Waals surface area (Å²) in [6.07, 6.45) is 2.13. The number of ether oxygens (including phenoxy) is 2. The first-order chi connectivity index (χ1) is 13.0. The van der Waals surface area contributed by atoms with E-state index in [0.717, 1.165) is 5.69 Å². The zero-order valence-corrected chi connectivity index (χ0v) is 14.8. The number of benzene rings is 2. The SMILES string of the molecule is COc1cc(C[C@@H](O)c2ccc(-n3cncn3)cc2)c([N+](=O)[O-])cc1OC. The number of nitro groups is 1. The minimum Gasteiger partial charge on any atom is -0.493 e. The second kappa shape index (κ2) is 7.83. The number of rotatable bonds is 7. The number of nitro benzene ring substituents is 1. The molecular formula is C18H18N4O5. The quantitative estimate of drug-likeness (QED) is 0.502. The molecule has 1 atom stereocenters. The van der Waals surface area contributed by atoms with E-state index in [2.05, 4.69) is 10.1 Å². The Morgan fingerprint density at radius 3 is 2.41 bits per heavy atom. The van der Waals surface area contributed by atoms with Crippen LogP contribution in [0.3, 0.4) is 0 Å². The van der Waals surface area contributed by atoms with Gasteiger partial charge in [0.05, 0.1) is 37.0 Å². The topological polar surface area (TPSA) is 113 Å². The molecule has 1 aromatic heterocycles. The number of aromatic nitrogens is 3. The maximum Gasteiger partial charge on any atom is 0.276 e. The molecule has 0 aliphatic heterocycles. The summed E-state index contributed by atoms with van der Waals surface area (Å²) in [5, 5.41) is 26.0. The Labute approximate surface area is 155 Å². The molecule has 9 heteroatoms. The van der Waals surface area contributed by atoms with Crippen molar-refractivity contribution in [3.8, 4) is 17.2 Å². The summed E-state index contributed by atoms with van der Waals surface area (Å²) in [6, 6.07) is 9.88. The Morgan fingerprint density at radius 2 is 1.85 bits per heavy atom. The van der Waals surface area contributed by atoms with Crippen LogP contribution in [0.1, 0.15) is 17.2 Å². The van der Waals surface area contributed by atoms with E-state index >= 15 is 0 Å². The molecule has 0 unspecified atom stereocenters. The second-order valence-corrected chi connectivity index (χ2v) is 5.74. The summed E-state index contributed by atoms with van der Waals surface area (Å²) < 4.78 is 11.9. The monoisotopic (exact) mass is 370 g/mol. The molecule has 140 valence electrons. The Balaban J connectivity index is 1.86. The summed E-state index contributed by atoms with van der Waals surface area (Å²) in [5.41, 5.74) is 1.64. The minimum absolute atomic E-state index is 0.0549. The van der Waals surface area contributed by atoms with Crippen molar-refractivity contribution in [1.29, 1.82) is 0 Å². The molecule has 0 amide bonds. The van der Waals surface area contributed by atoms with Gasteiger partial charge in [0.15, 0.2) is 11.5 Å². The molecule has 0 spiro atoms. The van der Waals surface area contributed by atoms with Gasteiger partial charge < -0.3 is 14.6 Å². The van der Waals surface area contributed by atoms with Crippen LogP contribution >= 0.6 is 0 Å². The predicted molar refractivity (Wildman–Crippen MR) is 96.2 cm³/mol. The van der Waals surface area contributed by atoms with Crippen molar-refractivity contribution >= 4 is 5.69 Å². The van der Waals surface area contributed by atoms with Crippen LogP contribution in [0.25, 0.3) is 5.69 Å². The second-order valence-electron chi connectivity index (χ2n) is 5.74. The fourth-order valence-electron chi connectivity index (χ4n) is 2.76. The third-order valence-electron chi connectivity index (χ3n) is 4.16. The zero-order valence-electron chi connectivity index (χ0n) is 14.8. The molecule has 2 aromatic carbocycles. The zero-order chi connectivity index (χ0) is 19.4. The normalized spacial score (nSPS) is 11.8. The number of aliphatic hydroxyl groups is 1. The summed E-state index contributed by atoms with van der Waals surface area (Å²) >= 11 is 0. The standard InChI is InChI=1S/C18H18N4O5/c1-26-17-8-13(15(22(24)25)9-18(17)27-2)7-16(23)12-3-5-14(6-4-12)21-11-19-10-20-21/h3-6,8-11,16,23H,7H2,1-2H3/t16-/m1/s1. The largest absolute Gasteiger partial charge is 0.493 e. The molecule has 0 radical (unpaired) electrons. The first-order valence-corrected chi connectivity index (χ1v) is 8.05. The van der Waals surface area contributed by atoms with Crippen molar-refractivity contribution < 1.29 is 19.5 Å². The van der Waals surface area contributed by atoms with Crippen LogP contribution in [-0.4, -0.2) is 39.0 Å². The van der Waals surface area contributed by atoms with E-state index in [1.807, 2.05) is 0 Å². The van der Waals surface area contributed by atoms with Crippen molar-refractivity contribution in [3.63, 3.8) is 0 Å². The Kier molecular flexibility index (Phi) is 5.32. The number of aliphatic hydroxyl groups excluding tert-OH is 1. The van der Waals surface area contributed by atoms with Crippen molar-refractivity contribution in [3.05, 3.63) is 70.3 Å². The molecule has 9 nitrogen and oxygen atoms in total. The van der Waals surface area contributed by atoms with Gasteiger partial charge in [-0.2, -0.15) is 5.10 Å². The molecule has 1 heterocycles. The molecule has 3 aromatic rings. The highest BCUT2D eigenvalue weighted by molar-refractivity contribution is 5.54. The Hall–Kier alpha value is -3.46. The minimum atomic E-state index is -0.924. The summed E-state index contributed by atoms with van der Waals surface area (Å²) in [7, 11) is 2.86. The molecule has 0 saturated heterocycles. The molecule has 0 aliphatic rings. The average Bonchev–Trinajstić information content (AvgIpc) is 3.22. The molecule has 3 rings (SSSR count). The first-order valence-electron chi connectivity index (χ1n) is 8.05.